The van der Waals surface area contributed by atoms with E-state index in [1.165, 1.54) is 6.92 Å². The molecule has 0 aliphatic carbocycles. The lowest BCUT2D eigenvalue weighted by Crippen LogP contribution is -2.00. The first kappa shape index (κ1) is 11.0. The predicted octanol–water partition coefficient (Wildman–Crippen LogP) is 3.00. The summed E-state index contributed by atoms with van der Waals surface area (Å²) in [4.78, 5) is 13.0. The van der Waals surface area contributed by atoms with Gasteiger partial charge in [0, 0.05) is 5.56 Å². The lowest BCUT2D eigenvalue weighted by molar-refractivity contribution is -0.390. The van der Waals surface area contributed by atoms with Crippen LogP contribution in [0.4, 0.5) is 14.6 Å². The molecule has 0 aliphatic heterocycles. The van der Waals surface area contributed by atoms with Crippen molar-refractivity contribution >= 4 is 21.7 Å². The molecule has 0 spiro atoms. The molecule has 0 saturated carbocycles. The van der Waals surface area contributed by atoms with E-state index in [9.17, 15) is 18.9 Å². The molecule has 0 atom stereocenters. The van der Waals surface area contributed by atoms with Crippen LogP contribution in [0.25, 0.3) is 0 Å². The van der Waals surface area contributed by atoms with Gasteiger partial charge < -0.3 is 10.1 Å². The second-order valence-electron chi connectivity index (χ2n) is 2.53. The minimum atomic E-state index is -2.76. The maximum Gasteiger partial charge on any atom is 0.366 e. The summed E-state index contributed by atoms with van der Waals surface area (Å²) in [6.45, 7) is 1.25. The van der Waals surface area contributed by atoms with Gasteiger partial charge >= 0.3 is 5.82 Å². The van der Waals surface area contributed by atoms with Gasteiger partial charge in [-0.3, -0.25) is 0 Å². The summed E-state index contributed by atoms with van der Waals surface area (Å²) in [5, 5.41) is 10.4. The van der Waals surface area contributed by atoms with Gasteiger partial charge in [0.05, 0.1) is 10.0 Å². The SMILES string of the molecule is Cc1c([N+](=O)[O-])ncc(Br)c1C(F)F. The third kappa shape index (κ3) is 1.87. The molecule has 1 aromatic rings. The zero-order valence-electron chi connectivity index (χ0n) is 7.00. The summed E-state index contributed by atoms with van der Waals surface area (Å²) in [6, 6.07) is 0. The normalized spacial score (nSPS) is 10.6. The van der Waals surface area contributed by atoms with Gasteiger partial charge in [0.1, 0.15) is 0 Å². The monoisotopic (exact) mass is 266 g/mol. The lowest BCUT2D eigenvalue weighted by Gasteiger charge is -2.05. The maximum absolute atomic E-state index is 12.5. The molecule has 0 saturated heterocycles. The lowest BCUT2D eigenvalue weighted by atomic mass is 10.1. The Balaban J connectivity index is 3.41. The van der Waals surface area contributed by atoms with Crippen LogP contribution in [-0.4, -0.2) is 9.91 Å². The highest BCUT2D eigenvalue weighted by Gasteiger charge is 2.24. The molecular formula is C7H5BrF2N2O2. The largest absolute Gasteiger partial charge is 0.366 e. The van der Waals surface area contributed by atoms with E-state index in [1.807, 2.05) is 0 Å². The zero-order chi connectivity index (χ0) is 10.9. The fourth-order valence-corrected chi connectivity index (χ4v) is 1.61. The number of rotatable bonds is 2. The van der Waals surface area contributed by atoms with Gasteiger partial charge in [0.2, 0.25) is 0 Å². The van der Waals surface area contributed by atoms with Crippen LogP contribution in [0.2, 0.25) is 0 Å². The van der Waals surface area contributed by atoms with E-state index in [0.717, 1.165) is 6.20 Å². The minimum absolute atomic E-state index is 0.0793. The maximum atomic E-state index is 12.5. The molecule has 0 unspecified atom stereocenters. The minimum Gasteiger partial charge on any atom is -0.358 e. The molecule has 0 N–H and O–H groups in total. The number of hydrogen-bond acceptors (Lipinski definition) is 3. The van der Waals surface area contributed by atoms with Crippen molar-refractivity contribution in [3.05, 3.63) is 31.9 Å². The van der Waals surface area contributed by atoms with Crippen LogP contribution < -0.4 is 0 Å². The van der Waals surface area contributed by atoms with Crippen molar-refractivity contribution in [1.29, 1.82) is 0 Å². The van der Waals surface area contributed by atoms with Gasteiger partial charge in [-0.1, -0.05) is 0 Å². The first-order chi connectivity index (χ1) is 6.45. The van der Waals surface area contributed by atoms with Crippen LogP contribution in [0.1, 0.15) is 17.6 Å². The molecular weight excluding hydrogens is 262 g/mol. The predicted molar refractivity (Wildman–Crippen MR) is 48.3 cm³/mol. The van der Waals surface area contributed by atoms with E-state index in [2.05, 4.69) is 20.9 Å². The van der Waals surface area contributed by atoms with Crippen molar-refractivity contribution in [1.82, 2.24) is 4.98 Å². The van der Waals surface area contributed by atoms with Crippen LogP contribution in [0.5, 0.6) is 0 Å². The number of pyridine rings is 1. The number of nitrogens with zero attached hydrogens (tertiary/aromatic N) is 2. The summed E-state index contributed by atoms with van der Waals surface area (Å²) in [5.41, 5.74) is -0.494. The fourth-order valence-electron chi connectivity index (χ4n) is 1.04. The number of alkyl halides is 2. The van der Waals surface area contributed by atoms with Crippen molar-refractivity contribution in [2.75, 3.05) is 0 Å². The number of hydrogen-bond donors (Lipinski definition) is 0. The van der Waals surface area contributed by atoms with E-state index in [0.29, 0.717) is 0 Å². The highest BCUT2D eigenvalue weighted by Crippen LogP contribution is 2.33. The average Bonchev–Trinajstić information content (AvgIpc) is 2.02. The van der Waals surface area contributed by atoms with Crippen LogP contribution in [0, 0.1) is 17.0 Å². The summed E-state index contributed by atoms with van der Waals surface area (Å²) >= 11 is 2.87. The van der Waals surface area contributed by atoms with Crippen LogP contribution in [-0.2, 0) is 0 Å². The quantitative estimate of drug-likeness (QED) is 0.611. The summed E-state index contributed by atoms with van der Waals surface area (Å²) in [5.74, 6) is -0.538. The van der Waals surface area contributed by atoms with Crippen LogP contribution in [0.3, 0.4) is 0 Å². The number of aromatic nitrogens is 1. The molecule has 0 bridgehead atoms. The topological polar surface area (TPSA) is 56.0 Å². The van der Waals surface area contributed by atoms with Crippen molar-refractivity contribution in [3.8, 4) is 0 Å². The molecule has 0 aliphatic rings. The zero-order valence-corrected chi connectivity index (χ0v) is 8.59. The van der Waals surface area contributed by atoms with Crippen molar-refractivity contribution in [3.63, 3.8) is 0 Å². The van der Waals surface area contributed by atoms with E-state index in [-0.39, 0.29) is 15.6 Å². The summed E-state index contributed by atoms with van der Waals surface area (Å²) < 4.78 is 25.0. The molecule has 0 aromatic carbocycles. The van der Waals surface area contributed by atoms with Gasteiger partial charge in [-0.25, -0.2) is 8.78 Å². The molecule has 0 radical (unpaired) electrons. The van der Waals surface area contributed by atoms with E-state index < -0.39 is 17.2 Å². The Morgan fingerprint density at radius 1 is 1.64 bits per heavy atom. The first-order valence-electron chi connectivity index (χ1n) is 3.52. The third-order valence-electron chi connectivity index (χ3n) is 1.69. The fraction of sp³-hybridized carbons (Fsp3) is 0.286. The van der Waals surface area contributed by atoms with Gasteiger partial charge in [-0.2, -0.15) is 0 Å². The van der Waals surface area contributed by atoms with Gasteiger partial charge in [-0.05, 0) is 32.8 Å². The molecule has 1 heterocycles. The van der Waals surface area contributed by atoms with E-state index in [4.69, 9.17) is 0 Å². The standard InChI is InChI=1S/C7H5BrF2N2O2/c1-3-5(6(9)10)4(8)2-11-7(3)12(13)14/h2,6H,1H3. The molecule has 1 rings (SSSR count). The number of nitro groups is 1. The van der Waals surface area contributed by atoms with Gasteiger partial charge in [-0.15, -0.1) is 0 Å². The highest BCUT2D eigenvalue weighted by molar-refractivity contribution is 9.10. The highest BCUT2D eigenvalue weighted by atomic mass is 79.9. The third-order valence-corrected chi connectivity index (χ3v) is 2.32. The molecule has 76 valence electrons. The van der Waals surface area contributed by atoms with Gasteiger partial charge in [0.25, 0.3) is 6.43 Å². The molecule has 0 fully saturated rings. The van der Waals surface area contributed by atoms with E-state index in [1.54, 1.807) is 0 Å². The Morgan fingerprint density at radius 2 is 2.21 bits per heavy atom. The smallest absolute Gasteiger partial charge is 0.358 e. The molecule has 14 heavy (non-hydrogen) atoms. The first-order valence-corrected chi connectivity index (χ1v) is 4.32. The van der Waals surface area contributed by atoms with Crippen molar-refractivity contribution < 1.29 is 13.7 Å². The van der Waals surface area contributed by atoms with Gasteiger partial charge in [0.15, 0.2) is 6.20 Å². The second-order valence-corrected chi connectivity index (χ2v) is 3.38. The summed E-state index contributed by atoms with van der Waals surface area (Å²) in [6.07, 6.45) is -1.75. The second kappa shape index (κ2) is 3.95. The Labute approximate surface area is 86.2 Å². The van der Waals surface area contributed by atoms with Crippen LogP contribution in [0.15, 0.2) is 10.7 Å². The Kier molecular flexibility index (Phi) is 3.10. The Hall–Kier alpha value is -1.11. The molecule has 4 nitrogen and oxygen atoms in total. The average molecular weight is 267 g/mol. The van der Waals surface area contributed by atoms with Crippen LogP contribution >= 0.6 is 15.9 Å². The number of halogens is 3. The molecule has 7 heteroatoms. The van der Waals surface area contributed by atoms with Crippen molar-refractivity contribution in [2.45, 2.75) is 13.3 Å². The summed E-state index contributed by atoms with van der Waals surface area (Å²) in [7, 11) is 0. The Bertz CT molecular complexity index is 384. The van der Waals surface area contributed by atoms with E-state index >= 15 is 0 Å². The van der Waals surface area contributed by atoms with Crippen molar-refractivity contribution in [2.24, 2.45) is 0 Å². The molecule has 0 amide bonds. The molecule has 1 aromatic heterocycles. The Morgan fingerprint density at radius 3 is 2.64 bits per heavy atom.